The van der Waals surface area contributed by atoms with Gasteiger partial charge < -0.3 is 14.6 Å². The molecule has 32 heavy (non-hydrogen) atoms. The standard InChI is InChI=1S/C21H22N2O9/c1-11-5-15(22(27)28)6-12(2)18(11)20(25)31-10-17(9-24)32-21(26)19-13(3)7-16(23(29)30)8-14(19)4/h5-8,17,24H,9-10H2,1-4H3/t17-/m1/s1. The zero-order valence-corrected chi connectivity index (χ0v) is 17.9. The number of aryl methyl sites for hydroxylation is 4. The summed E-state index contributed by atoms with van der Waals surface area (Å²) in [6, 6.07) is 4.95. The summed E-state index contributed by atoms with van der Waals surface area (Å²) in [6.07, 6.45) is -1.18. The summed E-state index contributed by atoms with van der Waals surface area (Å²) >= 11 is 0. The summed E-state index contributed by atoms with van der Waals surface area (Å²) in [5.41, 5.74) is 1.27. The molecule has 0 unspecified atom stereocenters. The van der Waals surface area contributed by atoms with Gasteiger partial charge in [-0.15, -0.1) is 0 Å². The van der Waals surface area contributed by atoms with E-state index in [2.05, 4.69) is 0 Å². The maximum Gasteiger partial charge on any atom is 0.339 e. The molecule has 0 aliphatic carbocycles. The smallest absolute Gasteiger partial charge is 0.339 e. The van der Waals surface area contributed by atoms with Gasteiger partial charge in [-0.2, -0.15) is 0 Å². The Morgan fingerprint density at radius 1 is 0.844 bits per heavy atom. The predicted molar refractivity (Wildman–Crippen MR) is 112 cm³/mol. The monoisotopic (exact) mass is 446 g/mol. The number of carbonyl (C=O) groups excluding carboxylic acids is 2. The van der Waals surface area contributed by atoms with Crippen LogP contribution >= 0.6 is 0 Å². The molecular weight excluding hydrogens is 424 g/mol. The molecule has 2 aromatic rings. The fourth-order valence-electron chi connectivity index (χ4n) is 3.31. The van der Waals surface area contributed by atoms with Crippen LogP contribution in [-0.2, 0) is 9.47 Å². The Labute approximate surface area is 182 Å². The normalized spacial score (nSPS) is 11.5. The van der Waals surface area contributed by atoms with Crippen LogP contribution in [0.1, 0.15) is 43.0 Å². The minimum absolute atomic E-state index is 0.113. The van der Waals surface area contributed by atoms with Crippen molar-refractivity contribution in [1.82, 2.24) is 0 Å². The summed E-state index contributed by atoms with van der Waals surface area (Å²) in [6.45, 7) is 5.00. The molecule has 0 aliphatic rings. The summed E-state index contributed by atoms with van der Waals surface area (Å²) in [7, 11) is 0. The van der Waals surface area contributed by atoms with Crippen molar-refractivity contribution in [3.63, 3.8) is 0 Å². The molecule has 0 aliphatic heterocycles. The van der Waals surface area contributed by atoms with E-state index in [1.165, 1.54) is 52.0 Å². The number of carbonyl (C=O) groups is 2. The molecule has 0 bridgehead atoms. The highest BCUT2D eigenvalue weighted by Gasteiger charge is 2.24. The molecule has 0 aromatic heterocycles. The SMILES string of the molecule is Cc1cc([N+](=O)[O-])cc(C)c1C(=O)OC[C@@H](CO)OC(=O)c1c(C)cc([N+](=O)[O-])cc1C. The Balaban J connectivity index is 2.12. The topological polar surface area (TPSA) is 159 Å². The maximum atomic E-state index is 12.6. The highest BCUT2D eigenvalue weighted by atomic mass is 16.6. The van der Waals surface area contributed by atoms with Gasteiger partial charge in [-0.25, -0.2) is 9.59 Å². The van der Waals surface area contributed by atoms with Gasteiger partial charge in [-0.1, -0.05) is 0 Å². The second-order valence-electron chi connectivity index (χ2n) is 7.23. The molecule has 1 atom stereocenters. The van der Waals surface area contributed by atoms with E-state index < -0.39 is 41.1 Å². The lowest BCUT2D eigenvalue weighted by Crippen LogP contribution is -2.29. The highest BCUT2D eigenvalue weighted by Crippen LogP contribution is 2.24. The number of nitro benzene ring substituents is 2. The van der Waals surface area contributed by atoms with Crippen molar-refractivity contribution in [3.8, 4) is 0 Å². The van der Waals surface area contributed by atoms with Crippen LogP contribution in [0.15, 0.2) is 24.3 Å². The lowest BCUT2D eigenvalue weighted by atomic mass is 10.0. The van der Waals surface area contributed by atoms with E-state index in [1.54, 1.807) is 0 Å². The van der Waals surface area contributed by atoms with Crippen LogP contribution in [0.2, 0.25) is 0 Å². The number of aliphatic hydroxyl groups is 1. The van der Waals surface area contributed by atoms with Gasteiger partial charge in [0.05, 0.1) is 27.6 Å². The zero-order valence-electron chi connectivity index (χ0n) is 17.9. The summed E-state index contributed by atoms with van der Waals surface area (Å²) in [5.74, 6) is -1.61. The minimum atomic E-state index is -1.18. The molecule has 2 aromatic carbocycles. The van der Waals surface area contributed by atoms with Crippen LogP contribution in [0.4, 0.5) is 11.4 Å². The van der Waals surface area contributed by atoms with Crippen molar-refractivity contribution in [2.75, 3.05) is 13.2 Å². The molecule has 0 saturated carbocycles. The second kappa shape index (κ2) is 9.96. The highest BCUT2D eigenvalue weighted by molar-refractivity contribution is 5.94. The molecular formula is C21H22N2O9. The molecule has 0 saturated heterocycles. The molecule has 170 valence electrons. The third-order valence-electron chi connectivity index (χ3n) is 4.74. The van der Waals surface area contributed by atoms with Gasteiger partial charge in [-0.3, -0.25) is 20.2 Å². The van der Waals surface area contributed by atoms with Gasteiger partial charge in [0.1, 0.15) is 6.61 Å². The molecule has 0 radical (unpaired) electrons. The molecule has 1 N–H and O–H groups in total. The number of non-ortho nitro benzene ring substituents is 2. The molecule has 0 fully saturated rings. The molecule has 11 nitrogen and oxygen atoms in total. The fourth-order valence-corrected chi connectivity index (χ4v) is 3.31. The van der Waals surface area contributed by atoms with Crippen LogP contribution in [0.3, 0.4) is 0 Å². The molecule has 0 spiro atoms. The number of benzene rings is 2. The number of ether oxygens (including phenoxy) is 2. The second-order valence-corrected chi connectivity index (χ2v) is 7.23. The van der Waals surface area contributed by atoms with Crippen molar-refractivity contribution in [2.24, 2.45) is 0 Å². The first-order valence-corrected chi connectivity index (χ1v) is 9.46. The summed E-state index contributed by atoms with van der Waals surface area (Å²) in [4.78, 5) is 45.8. The van der Waals surface area contributed by atoms with Crippen LogP contribution in [0.25, 0.3) is 0 Å². The van der Waals surface area contributed by atoms with Crippen LogP contribution < -0.4 is 0 Å². The fraction of sp³-hybridized carbons (Fsp3) is 0.333. The van der Waals surface area contributed by atoms with Gasteiger partial charge in [0, 0.05) is 24.3 Å². The van der Waals surface area contributed by atoms with Crippen molar-refractivity contribution in [3.05, 3.63) is 77.9 Å². The number of hydrogen-bond donors (Lipinski definition) is 1. The van der Waals surface area contributed by atoms with E-state index in [4.69, 9.17) is 9.47 Å². The van der Waals surface area contributed by atoms with Gasteiger partial charge in [0.15, 0.2) is 6.10 Å². The van der Waals surface area contributed by atoms with Crippen molar-refractivity contribution < 1.29 is 34.0 Å². The Morgan fingerprint density at radius 2 is 1.22 bits per heavy atom. The number of rotatable bonds is 8. The largest absolute Gasteiger partial charge is 0.458 e. The molecule has 11 heteroatoms. The Kier molecular flexibility index (Phi) is 7.60. The maximum absolute atomic E-state index is 12.6. The summed E-state index contributed by atoms with van der Waals surface area (Å²) in [5, 5.41) is 31.4. The van der Waals surface area contributed by atoms with E-state index in [1.807, 2.05) is 0 Å². The quantitative estimate of drug-likeness (QED) is 0.365. The lowest BCUT2D eigenvalue weighted by Gasteiger charge is -2.18. The third kappa shape index (κ3) is 5.43. The number of nitrogens with zero attached hydrogens (tertiary/aromatic N) is 2. The Hall–Kier alpha value is -3.86. The van der Waals surface area contributed by atoms with Gasteiger partial charge >= 0.3 is 11.9 Å². The first-order valence-electron chi connectivity index (χ1n) is 9.46. The Bertz CT molecular complexity index is 1050. The van der Waals surface area contributed by atoms with Gasteiger partial charge in [0.25, 0.3) is 11.4 Å². The first kappa shape index (κ1) is 24.4. The van der Waals surface area contributed by atoms with Gasteiger partial charge in [0.2, 0.25) is 0 Å². The molecule has 2 rings (SSSR count). The van der Waals surface area contributed by atoms with Crippen molar-refractivity contribution in [1.29, 1.82) is 0 Å². The first-order chi connectivity index (χ1) is 15.0. The van der Waals surface area contributed by atoms with E-state index in [9.17, 15) is 34.9 Å². The average Bonchev–Trinajstić information content (AvgIpc) is 2.69. The third-order valence-corrected chi connectivity index (χ3v) is 4.74. The number of nitro groups is 2. The zero-order chi connectivity index (χ0) is 24.2. The van der Waals surface area contributed by atoms with Crippen molar-refractivity contribution >= 4 is 23.3 Å². The van der Waals surface area contributed by atoms with Gasteiger partial charge in [-0.05, 0) is 49.9 Å². The van der Waals surface area contributed by atoms with Crippen LogP contribution in [-0.4, -0.2) is 46.2 Å². The lowest BCUT2D eigenvalue weighted by molar-refractivity contribution is -0.385. The molecule has 0 amide bonds. The minimum Gasteiger partial charge on any atom is -0.458 e. The van der Waals surface area contributed by atoms with E-state index in [-0.39, 0.29) is 22.5 Å². The number of esters is 2. The van der Waals surface area contributed by atoms with Crippen molar-refractivity contribution in [2.45, 2.75) is 33.8 Å². The Morgan fingerprint density at radius 3 is 1.56 bits per heavy atom. The van der Waals surface area contributed by atoms with E-state index in [0.29, 0.717) is 22.3 Å². The summed E-state index contributed by atoms with van der Waals surface area (Å²) < 4.78 is 10.4. The average molecular weight is 446 g/mol. The van der Waals surface area contributed by atoms with E-state index >= 15 is 0 Å². The predicted octanol–water partition coefficient (Wildman–Crippen LogP) is 3.11. The molecule has 0 heterocycles. The van der Waals surface area contributed by atoms with Crippen LogP contribution in [0, 0.1) is 47.9 Å². The number of hydrogen-bond acceptors (Lipinski definition) is 9. The van der Waals surface area contributed by atoms with Crippen LogP contribution in [0.5, 0.6) is 0 Å². The number of aliphatic hydroxyl groups excluding tert-OH is 1. The van der Waals surface area contributed by atoms with E-state index in [0.717, 1.165) is 0 Å².